The van der Waals surface area contributed by atoms with Crippen molar-refractivity contribution in [1.29, 1.82) is 0 Å². The highest BCUT2D eigenvalue weighted by Gasteiger charge is 2.35. The Morgan fingerprint density at radius 1 is 1.14 bits per heavy atom. The quantitative estimate of drug-likeness (QED) is 0.542. The molecule has 0 bridgehead atoms. The van der Waals surface area contributed by atoms with Crippen LogP contribution >= 0.6 is 11.3 Å². The normalized spacial score (nSPS) is 18.3. The lowest BCUT2D eigenvalue weighted by Gasteiger charge is -2.24. The zero-order valence-corrected chi connectivity index (χ0v) is 17.1. The van der Waals surface area contributed by atoms with E-state index in [0.717, 1.165) is 16.0 Å². The minimum absolute atomic E-state index is 0.312. The number of methoxy groups -OCH3 is 1. The zero-order chi connectivity index (χ0) is 21.0. The highest BCUT2D eigenvalue weighted by molar-refractivity contribution is 7.17. The molecule has 2 N–H and O–H groups in total. The van der Waals surface area contributed by atoms with E-state index in [1.165, 1.54) is 18.4 Å². The number of carbonyl (C=O) groups is 3. The van der Waals surface area contributed by atoms with E-state index in [2.05, 4.69) is 5.32 Å². The molecule has 6 nitrogen and oxygen atoms in total. The average molecular weight is 413 g/mol. The van der Waals surface area contributed by atoms with E-state index in [1.54, 1.807) is 6.08 Å². The molecule has 29 heavy (non-hydrogen) atoms. The van der Waals surface area contributed by atoms with Gasteiger partial charge in [0.1, 0.15) is 10.6 Å². The molecule has 1 aromatic carbocycles. The number of allylic oxidation sites excluding steroid dienone is 2. The van der Waals surface area contributed by atoms with Gasteiger partial charge in [-0.2, -0.15) is 0 Å². The number of esters is 1. The van der Waals surface area contributed by atoms with E-state index in [9.17, 15) is 19.5 Å². The summed E-state index contributed by atoms with van der Waals surface area (Å²) in [5.74, 6) is -3.38. The number of carboxylic acid groups (broad SMARTS) is 1. The standard InChI is InChI=1S/C22H23NO5S/c1-3-16-17(13-9-5-4-6-10-13)18(22(27)28-2)20(29-16)23-19(24)14-11-7-8-12-15(14)21(25)26/h4-10,14-15H,3,11-12H2,1-2H3,(H,23,24)(H,25,26). The van der Waals surface area contributed by atoms with Crippen LogP contribution in [0.25, 0.3) is 11.1 Å². The summed E-state index contributed by atoms with van der Waals surface area (Å²) in [6.07, 6.45) is 4.96. The molecule has 0 aliphatic heterocycles. The molecular formula is C22H23NO5S. The fourth-order valence-corrected chi connectivity index (χ4v) is 4.76. The largest absolute Gasteiger partial charge is 0.481 e. The molecule has 1 aliphatic carbocycles. The highest BCUT2D eigenvalue weighted by Crippen LogP contribution is 2.41. The van der Waals surface area contributed by atoms with Gasteiger partial charge in [0.05, 0.1) is 18.9 Å². The fraction of sp³-hybridized carbons (Fsp3) is 0.318. The van der Waals surface area contributed by atoms with Crippen molar-refractivity contribution in [1.82, 2.24) is 0 Å². The number of aliphatic carboxylic acids is 1. The molecule has 0 saturated carbocycles. The van der Waals surface area contributed by atoms with Gasteiger partial charge in [-0.05, 0) is 24.8 Å². The third kappa shape index (κ3) is 4.24. The molecule has 2 unspecified atom stereocenters. The molecule has 1 aromatic heterocycles. The predicted octanol–water partition coefficient (Wildman–Crippen LogP) is 4.37. The average Bonchev–Trinajstić information content (AvgIpc) is 3.11. The molecule has 2 atom stereocenters. The lowest BCUT2D eigenvalue weighted by atomic mass is 9.82. The van der Waals surface area contributed by atoms with Crippen LogP contribution < -0.4 is 5.32 Å². The molecule has 1 aliphatic rings. The summed E-state index contributed by atoms with van der Waals surface area (Å²) in [6.45, 7) is 1.98. The number of rotatable bonds is 6. The van der Waals surface area contributed by atoms with Gasteiger partial charge in [0.2, 0.25) is 5.91 Å². The molecule has 0 spiro atoms. The van der Waals surface area contributed by atoms with Crippen LogP contribution in [0, 0.1) is 11.8 Å². The minimum atomic E-state index is -0.993. The summed E-state index contributed by atoms with van der Waals surface area (Å²) in [7, 11) is 1.30. The Labute approximate surface area is 173 Å². The number of hydrogen-bond acceptors (Lipinski definition) is 5. The van der Waals surface area contributed by atoms with Gasteiger partial charge in [0.15, 0.2) is 0 Å². The van der Waals surface area contributed by atoms with E-state index in [0.29, 0.717) is 29.8 Å². The monoisotopic (exact) mass is 413 g/mol. The van der Waals surface area contributed by atoms with Crippen molar-refractivity contribution in [3.63, 3.8) is 0 Å². The van der Waals surface area contributed by atoms with Crippen molar-refractivity contribution in [3.8, 4) is 11.1 Å². The maximum absolute atomic E-state index is 12.9. The van der Waals surface area contributed by atoms with Crippen molar-refractivity contribution < 1.29 is 24.2 Å². The van der Waals surface area contributed by atoms with E-state index in [1.807, 2.05) is 43.3 Å². The zero-order valence-electron chi connectivity index (χ0n) is 16.3. The van der Waals surface area contributed by atoms with Gasteiger partial charge in [-0.15, -0.1) is 11.3 Å². The number of anilines is 1. The third-order valence-corrected chi connectivity index (χ3v) is 6.33. The number of aryl methyl sites for hydroxylation is 1. The number of amides is 1. The van der Waals surface area contributed by atoms with E-state index in [4.69, 9.17) is 4.74 Å². The van der Waals surface area contributed by atoms with E-state index in [-0.39, 0.29) is 0 Å². The first-order chi connectivity index (χ1) is 14.0. The first-order valence-electron chi connectivity index (χ1n) is 9.45. The van der Waals surface area contributed by atoms with Gasteiger partial charge in [-0.1, -0.05) is 49.4 Å². The van der Waals surface area contributed by atoms with Gasteiger partial charge in [-0.25, -0.2) is 4.79 Å². The Kier molecular flexibility index (Phi) is 6.49. The van der Waals surface area contributed by atoms with Crippen molar-refractivity contribution >= 4 is 34.2 Å². The first-order valence-corrected chi connectivity index (χ1v) is 10.3. The number of thiophene rings is 1. The lowest BCUT2D eigenvalue weighted by molar-refractivity contribution is -0.146. The van der Waals surface area contributed by atoms with Crippen LogP contribution in [0.5, 0.6) is 0 Å². The fourth-order valence-electron chi connectivity index (χ4n) is 3.60. The Hall–Kier alpha value is -2.93. The summed E-state index contributed by atoms with van der Waals surface area (Å²) in [6, 6.07) is 9.48. The second kappa shape index (κ2) is 9.05. The van der Waals surface area contributed by atoms with Gasteiger partial charge in [-0.3, -0.25) is 9.59 Å². The number of ether oxygens (including phenoxy) is 1. The van der Waals surface area contributed by atoms with Crippen molar-refractivity contribution in [2.75, 3.05) is 12.4 Å². The molecular weight excluding hydrogens is 390 g/mol. The minimum Gasteiger partial charge on any atom is -0.481 e. The second-order valence-electron chi connectivity index (χ2n) is 6.80. The molecule has 0 fully saturated rings. The van der Waals surface area contributed by atoms with Crippen LogP contribution in [-0.2, 0) is 20.7 Å². The van der Waals surface area contributed by atoms with Gasteiger partial charge >= 0.3 is 11.9 Å². The Balaban J connectivity index is 2.02. The van der Waals surface area contributed by atoms with E-state index < -0.39 is 29.7 Å². The lowest BCUT2D eigenvalue weighted by Crippen LogP contribution is -2.34. The molecule has 0 radical (unpaired) electrons. The summed E-state index contributed by atoms with van der Waals surface area (Å²) < 4.78 is 4.99. The van der Waals surface area contributed by atoms with Crippen molar-refractivity contribution in [2.45, 2.75) is 26.2 Å². The molecule has 1 amide bonds. The topological polar surface area (TPSA) is 92.7 Å². The van der Waals surface area contributed by atoms with Crippen molar-refractivity contribution in [2.24, 2.45) is 11.8 Å². The number of nitrogens with one attached hydrogen (secondary N) is 1. The third-order valence-electron chi connectivity index (χ3n) is 5.08. The highest BCUT2D eigenvalue weighted by atomic mass is 32.1. The second-order valence-corrected chi connectivity index (χ2v) is 7.90. The molecule has 152 valence electrons. The summed E-state index contributed by atoms with van der Waals surface area (Å²) in [5, 5.41) is 12.7. The van der Waals surface area contributed by atoms with Crippen LogP contribution in [0.4, 0.5) is 5.00 Å². The summed E-state index contributed by atoms with van der Waals surface area (Å²) >= 11 is 1.33. The Bertz CT molecular complexity index is 948. The Morgan fingerprint density at radius 3 is 2.38 bits per heavy atom. The van der Waals surface area contributed by atoms with Gasteiger partial charge < -0.3 is 15.2 Å². The number of hydrogen-bond donors (Lipinski definition) is 2. The molecule has 0 saturated heterocycles. The van der Waals surface area contributed by atoms with Crippen LogP contribution in [0.15, 0.2) is 42.5 Å². The molecule has 3 rings (SSSR count). The van der Waals surface area contributed by atoms with Crippen LogP contribution in [0.1, 0.15) is 35.0 Å². The number of benzene rings is 1. The van der Waals surface area contributed by atoms with Crippen LogP contribution in [-0.4, -0.2) is 30.1 Å². The molecule has 2 aromatic rings. The van der Waals surface area contributed by atoms with Gasteiger partial charge in [0.25, 0.3) is 0 Å². The maximum Gasteiger partial charge on any atom is 0.341 e. The molecule has 7 heteroatoms. The predicted molar refractivity (Wildman–Crippen MR) is 112 cm³/mol. The number of carbonyl (C=O) groups excluding carboxylic acids is 2. The van der Waals surface area contributed by atoms with E-state index >= 15 is 0 Å². The van der Waals surface area contributed by atoms with Crippen LogP contribution in [0.3, 0.4) is 0 Å². The first kappa shape index (κ1) is 20.8. The Morgan fingerprint density at radius 2 is 1.79 bits per heavy atom. The van der Waals surface area contributed by atoms with Crippen LogP contribution in [0.2, 0.25) is 0 Å². The SMILES string of the molecule is CCc1sc(NC(=O)C2CC=CCC2C(=O)O)c(C(=O)OC)c1-c1ccccc1. The molecule has 1 heterocycles. The summed E-state index contributed by atoms with van der Waals surface area (Å²) in [5.41, 5.74) is 1.93. The maximum atomic E-state index is 12.9. The number of carboxylic acids is 1. The summed E-state index contributed by atoms with van der Waals surface area (Å²) in [4.78, 5) is 38.0. The van der Waals surface area contributed by atoms with Crippen molar-refractivity contribution in [3.05, 3.63) is 52.9 Å². The van der Waals surface area contributed by atoms with Gasteiger partial charge in [0, 0.05) is 10.4 Å². The smallest absolute Gasteiger partial charge is 0.341 e.